The molecule has 1 aliphatic rings. The molecule has 29 heavy (non-hydrogen) atoms. The lowest BCUT2D eigenvalue weighted by Gasteiger charge is -2.23. The van der Waals surface area contributed by atoms with Crippen LogP contribution in [0.25, 0.3) is 16.8 Å². The molecule has 1 aliphatic carbocycles. The molecule has 9 heteroatoms. The second-order valence-electron chi connectivity index (χ2n) is 7.11. The van der Waals surface area contributed by atoms with Crippen molar-refractivity contribution in [1.82, 2.24) is 29.3 Å². The Kier molecular flexibility index (Phi) is 4.99. The highest BCUT2D eigenvalue weighted by Crippen LogP contribution is 2.30. The van der Waals surface area contributed by atoms with Gasteiger partial charge in [0.1, 0.15) is 11.6 Å². The van der Waals surface area contributed by atoms with Crippen molar-refractivity contribution in [3.05, 3.63) is 43.0 Å². The Morgan fingerprint density at radius 3 is 3.00 bits per heavy atom. The number of fused-ring (bicyclic) bond motifs is 1. The number of allylic oxidation sites excluding steroid dienone is 1. The highest BCUT2D eigenvalue weighted by molar-refractivity contribution is 5.88. The van der Waals surface area contributed by atoms with Gasteiger partial charge in [-0.2, -0.15) is 15.5 Å². The SMILES string of the molecule is CN(C(=O)/C=C/C#N)[C@H]1CC[C@@H](Oc2nc(-c3cnn(C)c3)cn3nccc23)C1. The van der Waals surface area contributed by atoms with E-state index < -0.39 is 0 Å². The largest absolute Gasteiger partial charge is 0.473 e. The summed E-state index contributed by atoms with van der Waals surface area (Å²) in [6.45, 7) is 0. The molecule has 3 aromatic rings. The smallest absolute Gasteiger partial charge is 0.247 e. The third kappa shape index (κ3) is 3.82. The summed E-state index contributed by atoms with van der Waals surface area (Å²) >= 11 is 0. The van der Waals surface area contributed by atoms with Crippen LogP contribution in [0.1, 0.15) is 19.3 Å². The molecule has 1 fully saturated rings. The summed E-state index contributed by atoms with van der Waals surface area (Å²) in [5.74, 6) is 0.347. The first-order valence-electron chi connectivity index (χ1n) is 9.38. The van der Waals surface area contributed by atoms with E-state index in [1.54, 1.807) is 33.5 Å². The van der Waals surface area contributed by atoms with E-state index in [9.17, 15) is 4.79 Å². The molecular weight excluding hydrogens is 370 g/mol. The predicted molar refractivity (Wildman–Crippen MR) is 105 cm³/mol. The monoisotopic (exact) mass is 391 g/mol. The van der Waals surface area contributed by atoms with Crippen LogP contribution < -0.4 is 4.74 Å². The van der Waals surface area contributed by atoms with Crippen LogP contribution >= 0.6 is 0 Å². The summed E-state index contributed by atoms with van der Waals surface area (Å²) in [5.41, 5.74) is 2.41. The van der Waals surface area contributed by atoms with Gasteiger partial charge in [-0.15, -0.1) is 0 Å². The van der Waals surface area contributed by atoms with Crippen molar-refractivity contribution in [1.29, 1.82) is 5.26 Å². The first-order valence-corrected chi connectivity index (χ1v) is 9.38. The number of hydrogen-bond donors (Lipinski definition) is 0. The molecule has 148 valence electrons. The minimum atomic E-state index is -0.174. The summed E-state index contributed by atoms with van der Waals surface area (Å²) < 4.78 is 9.72. The highest BCUT2D eigenvalue weighted by atomic mass is 16.5. The van der Waals surface area contributed by atoms with Gasteiger partial charge in [0.15, 0.2) is 0 Å². The van der Waals surface area contributed by atoms with Gasteiger partial charge in [-0.3, -0.25) is 9.48 Å². The van der Waals surface area contributed by atoms with Gasteiger partial charge in [0.05, 0.1) is 30.4 Å². The number of hydrogen-bond acceptors (Lipinski definition) is 6. The summed E-state index contributed by atoms with van der Waals surface area (Å²) in [6, 6.07) is 3.78. The van der Waals surface area contributed by atoms with E-state index in [1.165, 1.54) is 12.2 Å². The Morgan fingerprint density at radius 2 is 2.24 bits per heavy atom. The van der Waals surface area contributed by atoms with Gasteiger partial charge in [-0.1, -0.05) is 0 Å². The van der Waals surface area contributed by atoms with Gasteiger partial charge in [0.25, 0.3) is 0 Å². The lowest BCUT2D eigenvalue weighted by atomic mass is 10.2. The van der Waals surface area contributed by atoms with Crippen LogP contribution in [0.15, 0.2) is 43.0 Å². The minimum absolute atomic E-state index is 0.0504. The zero-order valence-electron chi connectivity index (χ0n) is 16.3. The number of aromatic nitrogens is 5. The topological polar surface area (TPSA) is 101 Å². The second-order valence-corrected chi connectivity index (χ2v) is 7.11. The van der Waals surface area contributed by atoms with Crippen molar-refractivity contribution < 1.29 is 9.53 Å². The molecule has 1 saturated carbocycles. The number of carbonyl (C=O) groups is 1. The molecular formula is C20H21N7O2. The standard InChI is InChI=1S/C20H21N7O2/c1-25-12-14(11-23-25)17-13-27-18(7-9-22-27)20(24-17)29-16-6-5-15(10-16)26(2)19(28)4-3-8-21/h3-4,7,9,11-13,15-16H,5-6,10H2,1-2H3/b4-3+/t15-,16+/m0/s1. The number of likely N-dealkylation sites (N-methyl/N-ethyl adjacent to an activating group) is 1. The van der Waals surface area contributed by atoms with E-state index in [0.29, 0.717) is 12.3 Å². The van der Waals surface area contributed by atoms with Crippen LogP contribution in [0.5, 0.6) is 5.88 Å². The van der Waals surface area contributed by atoms with Crippen LogP contribution in [-0.2, 0) is 11.8 Å². The van der Waals surface area contributed by atoms with E-state index in [-0.39, 0.29) is 18.1 Å². The third-order valence-corrected chi connectivity index (χ3v) is 5.19. The predicted octanol–water partition coefficient (Wildman–Crippen LogP) is 1.97. The summed E-state index contributed by atoms with van der Waals surface area (Å²) in [7, 11) is 3.61. The first-order chi connectivity index (χ1) is 14.0. The molecule has 0 unspecified atom stereocenters. The van der Waals surface area contributed by atoms with Gasteiger partial charge in [0, 0.05) is 50.5 Å². The van der Waals surface area contributed by atoms with Crippen molar-refractivity contribution in [3.63, 3.8) is 0 Å². The Balaban J connectivity index is 1.53. The van der Waals surface area contributed by atoms with Crippen LogP contribution in [0.2, 0.25) is 0 Å². The van der Waals surface area contributed by atoms with Gasteiger partial charge < -0.3 is 9.64 Å². The summed E-state index contributed by atoms with van der Waals surface area (Å²) in [4.78, 5) is 18.5. The van der Waals surface area contributed by atoms with Crippen molar-refractivity contribution in [2.75, 3.05) is 7.05 Å². The zero-order chi connectivity index (χ0) is 20.4. The minimum Gasteiger partial charge on any atom is -0.473 e. The molecule has 0 saturated heterocycles. The van der Waals surface area contributed by atoms with Crippen LogP contribution in [0.4, 0.5) is 0 Å². The summed E-state index contributed by atoms with van der Waals surface area (Å²) in [5, 5.41) is 17.1. The van der Waals surface area contributed by atoms with Crippen LogP contribution in [0, 0.1) is 11.3 Å². The maximum absolute atomic E-state index is 12.1. The van der Waals surface area contributed by atoms with E-state index in [4.69, 9.17) is 15.0 Å². The van der Waals surface area contributed by atoms with Crippen LogP contribution in [0.3, 0.4) is 0 Å². The molecule has 3 heterocycles. The molecule has 0 aromatic carbocycles. The van der Waals surface area contributed by atoms with E-state index in [1.807, 2.05) is 31.6 Å². The number of ether oxygens (including phenoxy) is 1. The maximum atomic E-state index is 12.1. The second kappa shape index (κ2) is 7.75. The van der Waals surface area contributed by atoms with Gasteiger partial charge >= 0.3 is 0 Å². The zero-order valence-corrected chi connectivity index (χ0v) is 16.3. The number of rotatable bonds is 5. The van der Waals surface area contributed by atoms with Crippen molar-refractivity contribution >= 4 is 11.4 Å². The van der Waals surface area contributed by atoms with E-state index in [2.05, 4.69) is 10.2 Å². The molecule has 0 bridgehead atoms. The van der Waals surface area contributed by atoms with Gasteiger partial charge in [-0.05, 0) is 18.9 Å². The molecule has 9 nitrogen and oxygen atoms in total. The Labute approximate surface area is 167 Å². The molecule has 0 radical (unpaired) electrons. The number of nitriles is 1. The Hall–Kier alpha value is -3.67. The Bertz CT molecular complexity index is 1110. The average Bonchev–Trinajstić information content (AvgIpc) is 3.46. The number of carbonyl (C=O) groups excluding carboxylic acids is 1. The first kappa shape index (κ1) is 18.7. The van der Waals surface area contributed by atoms with E-state index >= 15 is 0 Å². The fraction of sp³-hybridized carbons (Fsp3) is 0.350. The number of aryl methyl sites for hydroxylation is 1. The number of nitrogens with zero attached hydrogens (tertiary/aromatic N) is 7. The fourth-order valence-corrected chi connectivity index (χ4v) is 3.62. The molecule has 2 atom stereocenters. The van der Waals surface area contributed by atoms with Crippen molar-refractivity contribution in [3.8, 4) is 23.2 Å². The van der Waals surface area contributed by atoms with Crippen molar-refractivity contribution in [2.24, 2.45) is 7.05 Å². The lowest BCUT2D eigenvalue weighted by Crippen LogP contribution is -2.34. The third-order valence-electron chi connectivity index (χ3n) is 5.19. The Morgan fingerprint density at radius 1 is 1.38 bits per heavy atom. The fourth-order valence-electron chi connectivity index (χ4n) is 3.62. The molecule has 3 aromatic heterocycles. The van der Waals surface area contributed by atoms with Gasteiger partial charge in [0.2, 0.25) is 11.8 Å². The lowest BCUT2D eigenvalue weighted by molar-refractivity contribution is -0.126. The quantitative estimate of drug-likeness (QED) is 0.487. The number of amides is 1. The molecule has 4 rings (SSSR count). The molecule has 0 spiro atoms. The average molecular weight is 391 g/mol. The maximum Gasteiger partial charge on any atom is 0.247 e. The molecule has 0 aliphatic heterocycles. The van der Waals surface area contributed by atoms with E-state index in [0.717, 1.165) is 29.6 Å². The van der Waals surface area contributed by atoms with Crippen LogP contribution in [-0.4, -0.2) is 54.4 Å². The molecule has 0 N–H and O–H groups in total. The van der Waals surface area contributed by atoms with Crippen molar-refractivity contribution in [2.45, 2.75) is 31.4 Å². The van der Waals surface area contributed by atoms with Gasteiger partial charge in [-0.25, -0.2) is 9.50 Å². The highest BCUT2D eigenvalue weighted by Gasteiger charge is 2.31. The molecule has 1 amide bonds. The normalized spacial score (nSPS) is 18.9. The summed E-state index contributed by atoms with van der Waals surface area (Å²) in [6.07, 6.45) is 12.0.